The number of nitrogens with zero attached hydrogens (tertiary/aromatic N) is 1. The fourth-order valence-electron chi connectivity index (χ4n) is 1.87. The molecule has 5 nitrogen and oxygen atoms in total. The number of rotatable bonds is 9. The second kappa shape index (κ2) is 9.34. The molecule has 5 heteroatoms. The molecule has 0 radical (unpaired) electrons. The first-order valence-corrected chi connectivity index (χ1v) is 7.59. The summed E-state index contributed by atoms with van der Waals surface area (Å²) < 4.78 is 5.70. The van der Waals surface area contributed by atoms with Crippen LogP contribution in [0.3, 0.4) is 0 Å². The standard InChI is InChI=1S/C16H27N3O2/c1-5-18-16(20)8-9-21-15-7-6-13(4)19-14(15)11-17-10-12(2)3/h6-7,12,17H,5,8-11H2,1-4H3,(H,18,20). The van der Waals surface area contributed by atoms with Crippen molar-refractivity contribution in [3.8, 4) is 5.75 Å². The van der Waals surface area contributed by atoms with Crippen molar-refractivity contribution >= 4 is 5.91 Å². The van der Waals surface area contributed by atoms with E-state index < -0.39 is 0 Å². The third-order valence-corrected chi connectivity index (χ3v) is 2.88. The molecule has 0 spiro atoms. The lowest BCUT2D eigenvalue weighted by atomic mass is 10.2. The van der Waals surface area contributed by atoms with E-state index in [4.69, 9.17) is 4.74 Å². The summed E-state index contributed by atoms with van der Waals surface area (Å²) >= 11 is 0. The number of aromatic nitrogens is 1. The summed E-state index contributed by atoms with van der Waals surface area (Å²) in [6, 6.07) is 3.85. The number of pyridine rings is 1. The Morgan fingerprint density at radius 1 is 1.38 bits per heavy atom. The van der Waals surface area contributed by atoms with Crippen LogP contribution in [0.2, 0.25) is 0 Å². The molecule has 0 aliphatic heterocycles. The average Bonchev–Trinajstić information content (AvgIpc) is 2.41. The number of hydrogen-bond acceptors (Lipinski definition) is 4. The lowest BCUT2D eigenvalue weighted by Crippen LogP contribution is -2.24. The van der Waals surface area contributed by atoms with Crippen molar-refractivity contribution in [3.63, 3.8) is 0 Å². The molecule has 0 saturated heterocycles. The Morgan fingerprint density at radius 2 is 2.14 bits per heavy atom. The summed E-state index contributed by atoms with van der Waals surface area (Å²) in [5.74, 6) is 1.36. The van der Waals surface area contributed by atoms with Gasteiger partial charge in [0.1, 0.15) is 5.75 Å². The molecular formula is C16H27N3O2. The Hall–Kier alpha value is -1.62. The Kier molecular flexibility index (Phi) is 7.75. The highest BCUT2D eigenvalue weighted by atomic mass is 16.5. The van der Waals surface area contributed by atoms with Crippen LogP contribution in [0.1, 0.15) is 38.6 Å². The van der Waals surface area contributed by atoms with Crippen molar-refractivity contribution in [2.24, 2.45) is 5.92 Å². The van der Waals surface area contributed by atoms with Crippen molar-refractivity contribution < 1.29 is 9.53 Å². The third kappa shape index (κ3) is 7.09. The number of ether oxygens (including phenoxy) is 1. The second-order valence-electron chi connectivity index (χ2n) is 5.47. The van der Waals surface area contributed by atoms with Gasteiger partial charge in [0.05, 0.1) is 18.7 Å². The van der Waals surface area contributed by atoms with Crippen molar-refractivity contribution in [3.05, 3.63) is 23.5 Å². The molecule has 1 amide bonds. The average molecular weight is 293 g/mol. The zero-order valence-corrected chi connectivity index (χ0v) is 13.5. The van der Waals surface area contributed by atoms with Crippen molar-refractivity contribution in [1.82, 2.24) is 15.6 Å². The van der Waals surface area contributed by atoms with Crippen LogP contribution in [-0.2, 0) is 11.3 Å². The summed E-state index contributed by atoms with van der Waals surface area (Å²) in [6.45, 7) is 10.8. The number of amides is 1. The van der Waals surface area contributed by atoms with Crippen LogP contribution in [0.5, 0.6) is 5.75 Å². The molecule has 0 aliphatic rings. The molecule has 0 aliphatic carbocycles. The molecule has 0 unspecified atom stereocenters. The molecule has 2 N–H and O–H groups in total. The first kappa shape index (κ1) is 17.4. The molecule has 0 saturated carbocycles. The summed E-state index contributed by atoms with van der Waals surface area (Å²) in [7, 11) is 0. The highest BCUT2D eigenvalue weighted by Crippen LogP contribution is 2.17. The zero-order valence-electron chi connectivity index (χ0n) is 13.5. The van der Waals surface area contributed by atoms with Gasteiger partial charge in [-0.15, -0.1) is 0 Å². The van der Waals surface area contributed by atoms with Crippen LogP contribution in [0.15, 0.2) is 12.1 Å². The zero-order chi connectivity index (χ0) is 15.7. The largest absolute Gasteiger partial charge is 0.491 e. The summed E-state index contributed by atoms with van der Waals surface area (Å²) in [4.78, 5) is 15.9. The van der Waals surface area contributed by atoms with E-state index in [0.29, 0.717) is 32.0 Å². The minimum Gasteiger partial charge on any atom is -0.491 e. The van der Waals surface area contributed by atoms with Gasteiger partial charge in [-0.05, 0) is 38.4 Å². The van der Waals surface area contributed by atoms with E-state index in [1.807, 2.05) is 26.0 Å². The number of carbonyl (C=O) groups excluding carboxylic acids is 1. The minimum atomic E-state index is 0.0112. The van der Waals surface area contributed by atoms with Gasteiger partial charge >= 0.3 is 0 Å². The quantitative estimate of drug-likeness (QED) is 0.731. The Morgan fingerprint density at radius 3 is 2.81 bits per heavy atom. The van der Waals surface area contributed by atoms with Crippen LogP contribution >= 0.6 is 0 Å². The molecule has 0 fully saturated rings. The highest BCUT2D eigenvalue weighted by molar-refractivity contribution is 5.75. The highest BCUT2D eigenvalue weighted by Gasteiger charge is 2.07. The number of aryl methyl sites for hydroxylation is 1. The topological polar surface area (TPSA) is 63.2 Å². The van der Waals surface area contributed by atoms with Crippen molar-refractivity contribution in [2.45, 2.75) is 40.7 Å². The van der Waals surface area contributed by atoms with E-state index in [1.165, 1.54) is 0 Å². The summed E-state index contributed by atoms with van der Waals surface area (Å²) in [5, 5.41) is 6.12. The minimum absolute atomic E-state index is 0.0112. The van der Waals surface area contributed by atoms with Gasteiger partial charge in [0.25, 0.3) is 0 Å². The predicted molar refractivity (Wildman–Crippen MR) is 84.3 cm³/mol. The van der Waals surface area contributed by atoms with Gasteiger partial charge in [-0.3, -0.25) is 9.78 Å². The number of hydrogen-bond donors (Lipinski definition) is 2. The lowest BCUT2D eigenvalue weighted by Gasteiger charge is -2.13. The van der Waals surface area contributed by atoms with Gasteiger partial charge in [-0.1, -0.05) is 13.8 Å². The van der Waals surface area contributed by atoms with Gasteiger partial charge in [0, 0.05) is 18.8 Å². The maximum absolute atomic E-state index is 11.4. The van der Waals surface area contributed by atoms with Crippen LogP contribution in [0, 0.1) is 12.8 Å². The van der Waals surface area contributed by atoms with Crippen molar-refractivity contribution in [1.29, 1.82) is 0 Å². The predicted octanol–water partition coefficient (Wildman–Crippen LogP) is 2.04. The molecule has 1 rings (SSSR count). The molecule has 0 aromatic carbocycles. The molecule has 118 valence electrons. The number of carbonyl (C=O) groups is 1. The maximum Gasteiger partial charge on any atom is 0.223 e. The Bertz CT molecular complexity index is 447. The van der Waals surface area contributed by atoms with E-state index >= 15 is 0 Å². The van der Waals surface area contributed by atoms with Crippen LogP contribution < -0.4 is 15.4 Å². The summed E-state index contributed by atoms with van der Waals surface area (Å²) in [5.41, 5.74) is 1.86. The lowest BCUT2D eigenvalue weighted by molar-refractivity contribution is -0.121. The van der Waals surface area contributed by atoms with E-state index in [2.05, 4.69) is 29.5 Å². The monoisotopic (exact) mass is 293 g/mol. The Balaban J connectivity index is 2.53. The van der Waals surface area contributed by atoms with E-state index in [9.17, 15) is 4.79 Å². The van der Waals surface area contributed by atoms with Crippen LogP contribution in [-0.4, -0.2) is 30.6 Å². The van der Waals surface area contributed by atoms with Gasteiger partial charge in [-0.25, -0.2) is 0 Å². The molecule has 21 heavy (non-hydrogen) atoms. The van der Waals surface area contributed by atoms with E-state index in [1.54, 1.807) is 0 Å². The van der Waals surface area contributed by atoms with Gasteiger partial charge < -0.3 is 15.4 Å². The first-order chi connectivity index (χ1) is 10.0. The van der Waals surface area contributed by atoms with Crippen LogP contribution in [0.25, 0.3) is 0 Å². The SMILES string of the molecule is CCNC(=O)CCOc1ccc(C)nc1CNCC(C)C. The van der Waals surface area contributed by atoms with E-state index in [0.717, 1.165) is 23.7 Å². The molecule has 1 aromatic rings. The Labute approximate surface area is 127 Å². The van der Waals surface area contributed by atoms with Gasteiger partial charge in [0.15, 0.2) is 0 Å². The van der Waals surface area contributed by atoms with Gasteiger partial charge in [0.2, 0.25) is 5.91 Å². The summed E-state index contributed by atoms with van der Waals surface area (Å²) in [6.07, 6.45) is 0.362. The molecule has 0 atom stereocenters. The maximum atomic E-state index is 11.4. The smallest absolute Gasteiger partial charge is 0.223 e. The molecule has 1 aromatic heterocycles. The number of nitrogens with one attached hydrogen (secondary N) is 2. The second-order valence-corrected chi connectivity index (χ2v) is 5.47. The molecular weight excluding hydrogens is 266 g/mol. The fraction of sp³-hybridized carbons (Fsp3) is 0.625. The normalized spacial score (nSPS) is 10.7. The molecule has 1 heterocycles. The van der Waals surface area contributed by atoms with Gasteiger partial charge in [-0.2, -0.15) is 0 Å². The fourth-order valence-corrected chi connectivity index (χ4v) is 1.87. The first-order valence-electron chi connectivity index (χ1n) is 7.59. The van der Waals surface area contributed by atoms with E-state index in [-0.39, 0.29) is 5.91 Å². The molecule has 0 bridgehead atoms. The van der Waals surface area contributed by atoms with Crippen molar-refractivity contribution in [2.75, 3.05) is 19.7 Å². The van der Waals surface area contributed by atoms with Crippen LogP contribution in [0.4, 0.5) is 0 Å². The third-order valence-electron chi connectivity index (χ3n) is 2.88.